The van der Waals surface area contributed by atoms with Crippen LogP contribution in [0.15, 0.2) is 18.5 Å². The van der Waals surface area contributed by atoms with Gasteiger partial charge >= 0.3 is 0 Å². The van der Waals surface area contributed by atoms with Crippen molar-refractivity contribution >= 4 is 5.69 Å². The third-order valence-electron chi connectivity index (χ3n) is 2.65. The van der Waals surface area contributed by atoms with Gasteiger partial charge in [-0.05, 0) is 25.5 Å². The number of nitrogens with zero attached hydrogens (tertiary/aromatic N) is 2. The Hall–Kier alpha value is -1.09. The van der Waals surface area contributed by atoms with Crippen LogP contribution in [0.3, 0.4) is 0 Å². The fourth-order valence-electron chi connectivity index (χ4n) is 1.76. The van der Waals surface area contributed by atoms with Gasteiger partial charge in [-0.1, -0.05) is 13.8 Å². The number of hydrogen-bond acceptors (Lipinski definition) is 3. The van der Waals surface area contributed by atoms with Gasteiger partial charge in [-0.2, -0.15) is 0 Å². The van der Waals surface area contributed by atoms with Crippen molar-refractivity contribution in [1.82, 2.24) is 10.3 Å². The highest BCUT2D eigenvalue weighted by Gasteiger charge is 2.06. The van der Waals surface area contributed by atoms with E-state index in [1.165, 1.54) is 11.3 Å². The van der Waals surface area contributed by atoms with Crippen molar-refractivity contribution in [2.75, 3.05) is 24.5 Å². The quantitative estimate of drug-likeness (QED) is 0.798. The number of pyridine rings is 1. The van der Waals surface area contributed by atoms with E-state index in [2.05, 4.69) is 49.0 Å². The second-order valence-electron chi connectivity index (χ2n) is 4.35. The van der Waals surface area contributed by atoms with E-state index in [0.717, 1.165) is 19.6 Å². The molecule has 1 N–H and O–H groups in total. The van der Waals surface area contributed by atoms with Crippen LogP contribution in [-0.4, -0.2) is 30.7 Å². The first kappa shape index (κ1) is 13.0. The first-order valence-corrected chi connectivity index (χ1v) is 6.04. The minimum atomic E-state index is 0.553. The molecule has 0 atom stereocenters. The van der Waals surface area contributed by atoms with Crippen LogP contribution in [0, 0.1) is 6.92 Å². The Labute approximate surface area is 98.9 Å². The molecule has 90 valence electrons. The van der Waals surface area contributed by atoms with Crippen molar-refractivity contribution in [3.63, 3.8) is 0 Å². The molecular weight excluding hydrogens is 198 g/mol. The van der Waals surface area contributed by atoms with Gasteiger partial charge in [0.2, 0.25) is 0 Å². The van der Waals surface area contributed by atoms with Gasteiger partial charge in [-0.3, -0.25) is 4.98 Å². The maximum absolute atomic E-state index is 4.13. The van der Waals surface area contributed by atoms with Crippen molar-refractivity contribution in [2.45, 2.75) is 33.7 Å². The topological polar surface area (TPSA) is 28.2 Å². The highest BCUT2D eigenvalue weighted by atomic mass is 15.1. The summed E-state index contributed by atoms with van der Waals surface area (Å²) in [6, 6.07) is 2.64. The van der Waals surface area contributed by atoms with E-state index < -0.39 is 0 Å². The van der Waals surface area contributed by atoms with E-state index in [-0.39, 0.29) is 0 Å². The molecule has 0 aromatic carbocycles. The summed E-state index contributed by atoms with van der Waals surface area (Å²) < 4.78 is 0. The van der Waals surface area contributed by atoms with Gasteiger partial charge in [0.1, 0.15) is 0 Å². The highest BCUT2D eigenvalue weighted by molar-refractivity contribution is 5.51. The van der Waals surface area contributed by atoms with Gasteiger partial charge in [0.05, 0.1) is 0 Å². The molecule has 0 saturated carbocycles. The first-order valence-electron chi connectivity index (χ1n) is 6.04. The second-order valence-corrected chi connectivity index (χ2v) is 4.35. The number of hydrogen-bond donors (Lipinski definition) is 1. The summed E-state index contributed by atoms with van der Waals surface area (Å²) in [5, 5.41) is 3.44. The molecule has 16 heavy (non-hydrogen) atoms. The average molecular weight is 221 g/mol. The van der Waals surface area contributed by atoms with E-state index in [1.807, 2.05) is 12.4 Å². The van der Waals surface area contributed by atoms with Crippen LogP contribution in [0.1, 0.15) is 26.3 Å². The maximum atomic E-state index is 4.13. The van der Waals surface area contributed by atoms with Crippen molar-refractivity contribution in [3.8, 4) is 0 Å². The second kappa shape index (κ2) is 6.48. The molecule has 0 aliphatic carbocycles. The van der Waals surface area contributed by atoms with Gasteiger partial charge in [0.15, 0.2) is 0 Å². The number of rotatable bonds is 6. The highest BCUT2D eigenvalue weighted by Crippen LogP contribution is 2.17. The fourth-order valence-corrected chi connectivity index (χ4v) is 1.76. The zero-order valence-electron chi connectivity index (χ0n) is 10.8. The van der Waals surface area contributed by atoms with E-state index in [4.69, 9.17) is 0 Å². The first-order chi connectivity index (χ1) is 7.65. The lowest BCUT2D eigenvalue weighted by Crippen LogP contribution is -2.35. The van der Waals surface area contributed by atoms with E-state index in [0.29, 0.717) is 6.04 Å². The third-order valence-corrected chi connectivity index (χ3v) is 2.65. The summed E-state index contributed by atoms with van der Waals surface area (Å²) >= 11 is 0. The molecule has 1 aromatic rings. The van der Waals surface area contributed by atoms with E-state index in [1.54, 1.807) is 0 Å². The molecule has 1 rings (SSSR count). The molecule has 0 spiro atoms. The normalized spacial score (nSPS) is 10.8. The predicted octanol–water partition coefficient (Wildman–Crippen LogP) is 2.21. The van der Waals surface area contributed by atoms with Crippen LogP contribution in [0.25, 0.3) is 0 Å². The van der Waals surface area contributed by atoms with Crippen LogP contribution < -0.4 is 10.2 Å². The average Bonchev–Trinajstić information content (AvgIpc) is 2.25. The van der Waals surface area contributed by atoms with Crippen molar-refractivity contribution in [1.29, 1.82) is 0 Å². The molecular formula is C13H23N3. The molecule has 0 bridgehead atoms. The summed E-state index contributed by atoms with van der Waals surface area (Å²) in [6.07, 6.45) is 3.79. The van der Waals surface area contributed by atoms with E-state index >= 15 is 0 Å². The third kappa shape index (κ3) is 3.81. The largest absolute Gasteiger partial charge is 0.370 e. The molecule has 0 fully saturated rings. The zero-order valence-corrected chi connectivity index (χ0v) is 10.8. The van der Waals surface area contributed by atoms with Crippen molar-refractivity contribution < 1.29 is 0 Å². The van der Waals surface area contributed by atoms with Crippen LogP contribution >= 0.6 is 0 Å². The maximum Gasteiger partial charge on any atom is 0.0427 e. The lowest BCUT2D eigenvalue weighted by Gasteiger charge is -2.25. The summed E-state index contributed by atoms with van der Waals surface area (Å²) in [4.78, 5) is 6.51. The van der Waals surface area contributed by atoms with Crippen LogP contribution in [0.4, 0.5) is 5.69 Å². The van der Waals surface area contributed by atoms with Crippen LogP contribution in [0.2, 0.25) is 0 Å². The number of nitrogens with one attached hydrogen (secondary N) is 1. The molecule has 0 saturated heterocycles. The lowest BCUT2D eigenvalue weighted by molar-refractivity contribution is 0.583. The molecule has 0 aliphatic rings. The van der Waals surface area contributed by atoms with Crippen LogP contribution in [-0.2, 0) is 0 Å². The molecule has 0 aliphatic heterocycles. The summed E-state index contributed by atoms with van der Waals surface area (Å²) in [5.41, 5.74) is 2.54. The van der Waals surface area contributed by atoms with Gasteiger partial charge < -0.3 is 10.2 Å². The Morgan fingerprint density at radius 3 is 2.75 bits per heavy atom. The Bertz CT molecular complexity index is 310. The minimum absolute atomic E-state index is 0.553. The van der Waals surface area contributed by atoms with Gasteiger partial charge in [0.25, 0.3) is 0 Å². The lowest BCUT2D eigenvalue weighted by atomic mass is 10.2. The van der Waals surface area contributed by atoms with Crippen LogP contribution in [0.5, 0.6) is 0 Å². The van der Waals surface area contributed by atoms with Gasteiger partial charge in [-0.25, -0.2) is 0 Å². The summed E-state index contributed by atoms with van der Waals surface area (Å²) in [5.74, 6) is 0. The molecule has 1 aromatic heterocycles. The minimum Gasteiger partial charge on any atom is -0.370 e. The van der Waals surface area contributed by atoms with Crippen molar-refractivity contribution in [2.24, 2.45) is 0 Å². The monoisotopic (exact) mass is 221 g/mol. The van der Waals surface area contributed by atoms with Gasteiger partial charge in [0, 0.05) is 43.8 Å². The zero-order chi connectivity index (χ0) is 12.0. The SMILES string of the molecule is CCN(CCNC(C)C)c1ccncc1C. The smallest absolute Gasteiger partial charge is 0.0427 e. The van der Waals surface area contributed by atoms with E-state index in [9.17, 15) is 0 Å². The Balaban J connectivity index is 2.57. The molecule has 3 nitrogen and oxygen atoms in total. The Morgan fingerprint density at radius 2 is 2.19 bits per heavy atom. The standard InChI is InChI=1S/C13H23N3/c1-5-16(9-8-15-11(2)3)13-6-7-14-10-12(13)4/h6-7,10-11,15H,5,8-9H2,1-4H3. The number of likely N-dealkylation sites (N-methyl/N-ethyl adjacent to an activating group) is 1. The predicted molar refractivity (Wildman–Crippen MR) is 70.0 cm³/mol. The van der Waals surface area contributed by atoms with Gasteiger partial charge in [-0.15, -0.1) is 0 Å². The molecule has 0 radical (unpaired) electrons. The molecule has 0 unspecified atom stereocenters. The summed E-state index contributed by atoms with van der Waals surface area (Å²) in [6.45, 7) is 11.7. The molecule has 0 amide bonds. The Kier molecular flexibility index (Phi) is 5.26. The molecule has 3 heteroatoms. The number of aryl methyl sites for hydroxylation is 1. The summed E-state index contributed by atoms with van der Waals surface area (Å²) in [7, 11) is 0. The number of aromatic nitrogens is 1. The Morgan fingerprint density at radius 1 is 1.44 bits per heavy atom. The van der Waals surface area contributed by atoms with Crippen molar-refractivity contribution in [3.05, 3.63) is 24.0 Å². The number of anilines is 1. The fraction of sp³-hybridized carbons (Fsp3) is 0.615. The molecule has 1 heterocycles.